The SMILES string of the molecule is CC(CC1OCCO1)C(=O)c1ccccc1. The Morgan fingerprint density at radius 1 is 1.31 bits per heavy atom. The van der Waals surface area contributed by atoms with Crippen molar-refractivity contribution in [3.05, 3.63) is 35.9 Å². The number of hydrogen-bond donors (Lipinski definition) is 0. The summed E-state index contributed by atoms with van der Waals surface area (Å²) >= 11 is 0. The average Bonchev–Trinajstić information content (AvgIpc) is 2.82. The molecule has 0 spiro atoms. The van der Waals surface area contributed by atoms with E-state index in [1.165, 1.54) is 0 Å². The maximum Gasteiger partial charge on any atom is 0.165 e. The van der Waals surface area contributed by atoms with Gasteiger partial charge in [0.05, 0.1) is 13.2 Å². The predicted octanol–water partition coefficient (Wildman–Crippen LogP) is 2.27. The molecule has 3 nitrogen and oxygen atoms in total. The second-order valence-electron chi connectivity index (χ2n) is 4.04. The standard InChI is InChI=1S/C13H16O3/c1-10(9-12-15-7-8-16-12)13(14)11-5-3-2-4-6-11/h2-6,10,12H,7-9H2,1H3. The summed E-state index contributed by atoms with van der Waals surface area (Å²) in [6, 6.07) is 9.35. The van der Waals surface area contributed by atoms with Gasteiger partial charge in [-0.3, -0.25) is 4.79 Å². The van der Waals surface area contributed by atoms with Crippen LogP contribution in [0.25, 0.3) is 0 Å². The second-order valence-corrected chi connectivity index (χ2v) is 4.04. The lowest BCUT2D eigenvalue weighted by Crippen LogP contribution is -2.19. The van der Waals surface area contributed by atoms with Crippen molar-refractivity contribution in [3.63, 3.8) is 0 Å². The minimum atomic E-state index is -0.206. The molecular weight excluding hydrogens is 204 g/mol. The van der Waals surface area contributed by atoms with E-state index in [9.17, 15) is 4.79 Å². The van der Waals surface area contributed by atoms with Crippen molar-refractivity contribution < 1.29 is 14.3 Å². The highest BCUT2D eigenvalue weighted by molar-refractivity contribution is 5.97. The van der Waals surface area contributed by atoms with E-state index in [1.807, 2.05) is 37.3 Å². The van der Waals surface area contributed by atoms with Crippen LogP contribution >= 0.6 is 0 Å². The van der Waals surface area contributed by atoms with Gasteiger partial charge in [0.15, 0.2) is 12.1 Å². The van der Waals surface area contributed by atoms with Gasteiger partial charge in [0.1, 0.15) is 0 Å². The maximum absolute atomic E-state index is 12.0. The second kappa shape index (κ2) is 5.23. The summed E-state index contributed by atoms with van der Waals surface area (Å²) in [6.45, 7) is 3.19. The molecule has 1 unspecified atom stereocenters. The van der Waals surface area contributed by atoms with E-state index >= 15 is 0 Å². The molecular formula is C13H16O3. The van der Waals surface area contributed by atoms with Crippen molar-refractivity contribution in [2.75, 3.05) is 13.2 Å². The Hall–Kier alpha value is -1.19. The highest BCUT2D eigenvalue weighted by atomic mass is 16.7. The summed E-state index contributed by atoms with van der Waals surface area (Å²) in [6.07, 6.45) is 0.427. The summed E-state index contributed by atoms with van der Waals surface area (Å²) in [5.41, 5.74) is 0.757. The Kier molecular flexibility index (Phi) is 3.70. The summed E-state index contributed by atoms with van der Waals surface area (Å²) in [5, 5.41) is 0. The number of hydrogen-bond acceptors (Lipinski definition) is 3. The Morgan fingerprint density at radius 3 is 2.56 bits per heavy atom. The topological polar surface area (TPSA) is 35.5 Å². The van der Waals surface area contributed by atoms with Gasteiger partial charge < -0.3 is 9.47 Å². The van der Waals surface area contributed by atoms with E-state index in [1.54, 1.807) is 0 Å². The zero-order valence-electron chi connectivity index (χ0n) is 9.39. The van der Waals surface area contributed by atoms with Crippen molar-refractivity contribution >= 4 is 5.78 Å². The van der Waals surface area contributed by atoms with E-state index < -0.39 is 0 Å². The Bertz CT molecular complexity index is 341. The van der Waals surface area contributed by atoms with Crippen LogP contribution < -0.4 is 0 Å². The van der Waals surface area contributed by atoms with Gasteiger partial charge in [-0.05, 0) is 0 Å². The molecule has 1 saturated heterocycles. The highest BCUT2D eigenvalue weighted by Crippen LogP contribution is 2.18. The number of Topliss-reactive ketones (excluding diaryl/α,β-unsaturated/α-hetero) is 1. The molecule has 16 heavy (non-hydrogen) atoms. The first kappa shape index (κ1) is 11.3. The fourth-order valence-corrected chi connectivity index (χ4v) is 1.83. The molecule has 1 aromatic carbocycles. The van der Waals surface area contributed by atoms with E-state index in [0.29, 0.717) is 19.6 Å². The average molecular weight is 220 g/mol. The number of carbonyl (C=O) groups is 1. The molecule has 0 amide bonds. The van der Waals surface area contributed by atoms with Crippen LogP contribution in [0.15, 0.2) is 30.3 Å². The molecule has 1 heterocycles. The molecule has 0 bridgehead atoms. The third kappa shape index (κ3) is 2.68. The largest absolute Gasteiger partial charge is 0.350 e. The smallest absolute Gasteiger partial charge is 0.165 e. The van der Waals surface area contributed by atoms with Crippen LogP contribution in [0, 0.1) is 5.92 Å². The van der Waals surface area contributed by atoms with Crippen LogP contribution in [-0.2, 0) is 9.47 Å². The van der Waals surface area contributed by atoms with Gasteiger partial charge in [0, 0.05) is 17.9 Å². The molecule has 86 valence electrons. The molecule has 0 aromatic heterocycles. The fourth-order valence-electron chi connectivity index (χ4n) is 1.83. The van der Waals surface area contributed by atoms with Crippen molar-refractivity contribution in [1.82, 2.24) is 0 Å². The first-order chi connectivity index (χ1) is 7.77. The number of rotatable bonds is 4. The zero-order valence-corrected chi connectivity index (χ0v) is 9.39. The van der Waals surface area contributed by atoms with Crippen LogP contribution in [0.4, 0.5) is 0 Å². The zero-order chi connectivity index (χ0) is 11.4. The summed E-state index contributed by atoms with van der Waals surface area (Å²) in [7, 11) is 0. The highest BCUT2D eigenvalue weighted by Gasteiger charge is 2.23. The van der Waals surface area contributed by atoms with Crippen LogP contribution in [0.2, 0.25) is 0 Å². The molecule has 0 N–H and O–H groups in total. The van der Waals surface area contributed by atoms with Gasteiger partial charge >= 0.3 is 0 Å². The lowest BCUT2D eigenvalue weighted by atomic mass is 9.96. The number of benzene rings is 1. The number of carbonyl (C=O) groups excluding carboxylic acids is 1. The molecule has 2 rings (SSSR count). The molecule has 3 heteroatoms. The lowest BCUT2D eigenvalue weighted by molar-refractivity contribution is -0.0532. The third-order valence-corrected chi connectivity index (χ3v) is 2.74. The van der Waals surface area contributed by atoms with Crippen LogP contribution in [0.1, 0.15) is 23.7 Å². The molecule has 1 aromatic rings. The van der Waals surface area contributed by atoms with Crippen LogP contribution in [0.3, 0.4) is 0 Å². The number of ether oxygens (including phenoxy) is 2. The Labute approximate surface area is 95.4 Å². The summed E-state index contributed by atoms with van der Waals surface area (Å²) in [4.78, 5) is 12.0. The molecule has 1 fully saturated rings. The van der Waals surface area contributed by atoms with Gasteiger partial charge in [-0.2, -0.15) is 0 Å². The normalized spacial score (nSPS) is 18.6. The van der Waals surface area contributed by atoms with E-state index in [0.717, 1.165) is 5.56 Å². The number of ketones is 1. The summed E-state index contributed by atoms with van der Waals surface area (Å²) in [5.74, 6) is 0.0881. The maximum atomic E-state index is 12.0. The first-order valence-corrected chi connectivity index (χ1v) is 5.60. The van der Waals surface area contributed by atoms with Gasteiger partial charge in [-0.1, -0.05) is 37.3 Å². The van der Waals surface area contributed by atoms with Gasteiger partial charge in [0.2, 0.25) is 0 Å². The molecule has 1 atom stereocenters. The monoisotopic (exact) mass is 220 g/mol. The van der Waals surface area contributed by atoms with Crippen LogP contribution in [0.5, 0.6) is 0 Å². The minimum Gasteiger partial charge on any atom is -0.350 e. The molecule has 0 radical (unpaired) electrons. The molecule has 1 aliphatic heterocycles. The van der Waals surface area contributed by atoms with Crippen molar-refractivity contribution in [3.8, 4) is 0 Å². The quantitative estimate of drug-likeness (QED) is 0.730. The van der Waals surface area contributed by atoms with E-state index in [4.69, 9.17) is 9.47 Å². The first-order valence-electron chi connectivity index (χ1n) is 5.60. The fraction of sp³-hybridized carbons (Fsp3) is 0.462. The molecule has 1 aliphatic rings. The summed E-state index contributed by atoms with van der Waals surface area (Å²) < 4.78 is 10.7. The lowest BCUT2D eigenvalue weighted by Gasteiger charge is -2.14. The minimum absolute atomic E-state index is 0.0644. The molecule has 0 aliphatic carbocycles. The third-order valence-electron chi connectivity index (χ3n) is 2.74. The van der Waals surface area contributed by atoms with Gasteiger partial charge in [-0.25, -0.2) is 0 Å². The Morgan fingerprint density at radius 2 is 1.94 bits per heavy atom. The van der Waals surface area contributed by atoms with E-state index in [2.05, 4.69) is 0 Å². The van der Waals surface area contributed by atoms with Gasteiger partial charge in [-0.15, -0.1) is 0 Å². The van der Waals surface area contributed by atoms with Crippen molar-refractivity contribution in [1.29, 1.82) is 0 Å². The Balaban J connectivity index is 1.94. The van der Waals surface area contributed by atoms with Crippen LogP contribution in [-0.4, -0.2) is 25.3 Å². The predicted molar refractivity (Wildman–Crippen MR) is 60.2 cm³/mol. The van der Waals surface area contributed by atoms with Crippen molar-refractivity contribution in [2.45, 2.75) is 19.6 Å². The van der Waals surface area contributed by atoms with E-state index in [-0.39, 0.29) is 18.0 Å². The van der Waals surface area contributed by atoms with Gasteiger partial charge in [0.25, 0.3) is 0 Å². The van der Waals surface area contributed by atoms with Crippen molar-refractivity contribution in [2.24, 2.45) is 5.92 Å². The molecule has 0 saturated carbocycles.